The van der Waals surface area contributed by atoms with E-state index in [0.29, 0.717) is 34.3 Å². The third-order valence-corrected chi connectivity index (χ3v) is 9.19. The van der Waals surface area contributed by atoms with Gasteiger partial charge in [-0.15, -0.1) is 0 Å². The number of benzene rings is 3. The SMILES string of the molecule is CCOc1cccc2sc(N(Cc3cccnc3)C(=O)c3ccc(S(=O)(=O)N(CC)c4ccccc4)cc3)nc12. The number of anilines is 2. The van der Waals surface area contributed by atoms with Gasteiger partial charge < -0.3 is 4.74 Å². The van der Waals surface area contributed by atoms with Crippen molar-refractivity contribution in [2.24, 2.45) is 0 Å². The van der Waals surface area contributed by atoms with E-state index >= 15 is 0 Å². The van der Waals surface area contributed by atoms with Gasteiger partial charge in [0, 0.05) is 24.5 Å². The first kappa shape index (κ1) is 27.3. The predicted molar refractivity (Wildman–Crippen MR) is 159 cm³/mol. The lowest BCUT2D eigenvalue weighted by atomic mass is 10.2. The van der Waals surface area contributed by atoms with Gasteiger partial charge in [0.15, 0.2) is 5.13 Å². The fraction of sp³-hybridized carbons (Fsp3) is 0.167. The van der Waals surface area contributed by atoms with Gasteiger partial charge in [-0.3, -0.25) is 19.0 Å². The molecule has 5 rings (SSSR count). The molecule has 8 nitrogen and oxygen atoms in total. The summed E-state index contributed by atoms with van der Waals surface area (Å²) in [5.74, 6) is 0.352. The average Bonchev–Trinajstić information content (AvgIpc) is 3.42. The van der Waals surface area contributed by atoms with Crippen molar-refractivity contribution in [2.75, 3.05) is 22.4 Å². The van der Waals surface area contributed by atoms with Crippen molar-refractivity contribution in [3.63, 3.8) is 0 Å². The van der Waals surface area contributed by atoms with E-state index in [1.165, 1.54) is 27.8 Å². The van der Waals surface area contributed by atoms with Gasteiger partial charge in [-0.25, -0.2) is 13.4 Å². The molecule has 0 atom stereocenters. The number of carbonyl (C=O) groups excluding carboxylic acids is 1. The number of nitrogens with zero attached hydrogens (tertiary/aromatic N) is 4. The number of carbonyl (C=O) groups is 1. The Balaban J connectivity index is 1.49. The Morgan fingerprint density at radius 3 is 2.38 bits per heavy atom. The fourth-order valence-corrected chi connectivity index (χ4v) is 6.79. The summed E-state index contributed by atoms with van der Waals surface area (Å²) in [6.07, 6.45) is 3.38. The Hall–Kier alpha value is -4.28. The van der Waals surface area contributed by atoms with Crippen molar-refractivity contribution in [2.45, 2.75) is 25.3 Å². The second-order valence-corrected chi connectivity index (χ2v) is 11.7. The van der Waals surface area contributed by atoms with Crippen LogP contribution in [0.1, 0.15) is 29.8 Å². The van der Waals surface area contributed by atoms with Crippen LogP contribution in [0.25, 0.3) is 10.2 Å². The number of hydrogen-bond acceptors (Lipinski definition) is 7. The first-order chi connectivity index (χ1) is 19.4. The minimum absolute atomic E-state index is 0.106. The third kappa shape index (κ3) is 5.54. The highest BCUT2D eigenvalue weighted by molar-refractivity contribution is 7.92. The highest BCUT2D eigenvalue weighted by Crippen LogP contribution is 2.35. The molecule has 2 heterocycles. The Morgan fingerprint density at radius 1 is 0.925 bits per heavy atom. The Morgan fingerprint density at radius 2 is 1.70 bits per heavy atom. The zero-order chi connectivity index (χ0) is 28.1. The number of amides is 1. The minimum Gasteiger partial charge on any atom is -0.492 e. The van der Waals surface area contributed by atoms with E-state index in [-0.39, 0.29) is 23.9 Å². The van der Waals surface area contributed by atoms with Gasteiger partial charge in [0.25, 0.3) is 15.9 Å². The summed E-state index contributed by atoms with van der Waals surface area (Å²) in [5.41, 5.74) is 2.45. The number of aromatic nitrogens is 2. The fourth-order valence-electron chi connectivity index (χ4n) is 4.34. The van der Waals surface area contributed by atoms with Crippen molar-refractivity contribution in [3.05, 3.63) is 108 Å². The molecule has 40 heavy (non-hydrogen) atoms. The molecule has 0 saturated carbocycles. The highest BCUT2D eigenvalue weighted by atomic mass is 32.2. The molecule has 204 valence electrons. The number of ether oxygens (including phenoxy) is 1. The summed E-state index contributed by atoms with van der Waals surface area (Å²) in [5, 5.41) is 0.508. The van der Waals surface area contributed by atoms with Crippen LogP contribution in [0.15, 0.2) is 102 Å². The minimum atomic E-state index is -3.82. The van der Waals surface area contributed by atoms with Crippen LogP contribution in [0.3, 0.4) is 0 Å². The largest absolute Gasteiger partial charge is 0.492 e. The van der Waals surface area contributed by atoms with Crippen molar-refractivity contribution < 1.29 is 17.9 Å². The molecule has 5 aromatic rings. The number of thiazole rings is 1. The lowest BCUT2D eigenvalue weighted by molar-refractivity contribution is 0.0985. The molecular formula is C30H28N4O4S2. The summed E-state index contributed by atoms with van der Waals surface area (Å²) in [6, 6.07) is 24.4. The van der Waals surface area contributed by atoms with Crippen LogP contribution in [-0.4, -0.2) is 37.4 Å². The van der Waals surface area contributed by atoms with Gasteiger partial charge in [-0.2, -0.15) is 0 Å². The van der Waals surface area contributed by atoms with E-state index in [1.54, 1.807) is 60.6 Å². The summed E-state index contributed by atoms with van der Waals surface area (Å²) in [6.45, 7) is 4.71. The van der Waals surface area contributed by atoms with E-state index in [1.807, 2.05) is 43.3 Å². The normalized spacial score (nSPS) is 11.3. The van der Waals surface area contributed by atoms with E-state index in [2.05, 4.69) is 4.98 Å². The third-order valence-electron chi connectivity index (χ3n) is 6.23. The van der Waals surface area contributed by atoms with Gasteiger partial charge >= 0.3 is 0 Å². The van der Waals surface area contributed by atoms with Crippen LogP contribution in [0.5, 0.6) is 5.75 Å². The quantitative estimate of drug-likeness (QED) is 0.199. The number of pyridine rings is 1. The maximum absolute atomic E-state index is 13.9. The number of rotatable bonds is 10. The second-order valence-electron chi connectivity index (χ2n) is 8.81. The molecule has 0 spiro atoms. The zero-order valence-corrected chi connectivity index (χ0v) is 23.7. The topological polar surface area (TPSA) is 92.7 Å². The molecule has 0 aliphatic rings. The second kappa shape index (κ2) is 11.8. The van der Waals surface area contributed by atoms with Gasteiger partial charge in [-0.05, 0) is 74.0 Å². The molecular weight excluding hydrogens is 544 g/mol. The molecule has 0 aliphatic heterocycles. The summed E-state index contributed by atoms with van der Waals surface area (Å²) in [4.78, 5) is 24.5. The van der Waals surface area contributed by atoms with Crippen LogP contribution in [0.4, 0.5) is 10.8 Å². The van der Waals surface area contributed by atoms with Crippen molar-refractivity contribution in [3.8, 4) is 5.75 Å². The van der Waals surface area contributed by atoms with Gasteiger partial charge in [0.05, 0.1) is 28.4 Å². The molecule has 2 aromatic heterocycles. The summed E-state index contributed by atoms with van der Waals surface area (Å²) in [7, 11) is -3.82. The maximum atomic E-state index is 13.9. The lowest BCUT2D eigenvalue weighted by Crippen LogP contribution is -2.31. The highest BCUT2D eigenvalue weighted by Gasteiger charge is 2.26. The number of hydrogen-bond donors (Lipinski definition) is 0. The summed E-state index contributed by atoms with van der Waals surface area (Å²) >= 11 is 1.39. The number of para-hydroxylation sites is 2. The predicted octanol–water partition coefficient (Wildman–Crippen LogP) is 6.15. The zero-order valence-electron chi connectivity index (χ0n) is 22.1. The van der Waals surface area contributed by atoms with Gasteiger partial charge in [0.1, 0.15) is 11.3 Å². The van der Waals surface area contributed by atoms with Gasteiger partial charge in [0.2, 0.25) is 0 Å². The van der Waals surface area contributed by atoms with Crippen molar-refractivity contribution in [1.29, 1.82) is 0 Å². The van der Waals surface area contributed by atoms with Crippen LogP contribution >= 0.6 is 11.3 Å². The molecule has 0 fully saturated rings. The number of fused-ring (bicyclic) bond motifs is 1. The molecule has 0 N–H and O–H groups in total. The lowest BCUT2D eigenvalue weighted by Gasteiger charge is -2.23. The molecule has 3 aromatic carbocycles. The average molecular weight is 573 g/mol. The molecule has 0 radical (unpaired) electrons. The van der Waals surface area contributed by atoms with Crippen LogP contribution < -0.4 is 13.9 Å². The smallest absolute Gasteiger partial charge is 0.264 e. The Labute approximate surface area is 237 Å². The Bertz CT molecular complexity index is 1710. The standard InChI is InChI=1S/C30H28N4O4S2/c1-3-34(24-11-6-5-7-12-24)40(36,37)25-17-15-23(16-18-25)29(35)33(21-22-10-9-19-31-20-22)30-32-28-26(38-4-2)13-8-14-27(28)39-30/h5-20H,3-4,21H2,1-2H3. The number of sulfonamides is 1. The molecule has 0 aliphatic carbocycles. The van der Waals surface area contributed by atoms with Gasteiger partial charge in [-0.1, -0.05) is 41.7 Å². The molecule has 10 heteroatoms. The molecule has 0 unspecified atom stereocenters. The first-order valence-electron chi connectivity index (χ1n) is 12.8. The van der Waals surface area contributed by atoms with Crippen molar-refractivity contribution in [1.82, 2.24) is 9.97 Å². The molecule has 0 bridgehead atoms. The maximum Gasteiger partial charge on any atom is 0.264 e. The van der Waals surface area contributed by atoms with E-state index < -0.39 is 10.0 Å². The van der Waals surface area contributed by atoms with Crippen LogP contribution in [0.2, 0.25) is 0 Å². The van der Waals surface area contributed by atoms with E-state index in [4.69, 9.17) is 9.72 Å². The molecule has 0 saturated heterocycles. The van der Waals surface area contributed by atoms with Crippen LogP contribution in [0, 0.1) is 0 Å². The summed E-state index contributed by atoms with van der Waals surface area (Å²) < 4.78 is 34.8. The Kier molecular flexibility index (Phi) is 8.09. The van der Waals surface area contributed by atoms with E-state index in [0.717, 1.165) is 10.3 Å². The van der Waals surface area contributed by atoms with E-state index in [9.17, 15) is 13.2 Å². The first-order valence-corrected chi connectivity index (χ1v) is 15.1. The monoisotopic (exact) mass is 572 g/mol. The molecule has 1 amide bonds. The van der Waals surface area contributed by atoms with Crippen molar-refractivity contribution >= 4 is 48.3 Å². The van der Waals surface area contributed by atoms with Crippen LogP contribution in [-0.2, 0) is 16.6 Å².